The summed E-state index contributed by atoms with van der Waals surface area (Å²) < 4.78 is 32.0. The fourth-order valence-electron chi connectivity index (χ4n) is 2.53. The second kappa shape index (κ2) is 9.25. The van der Waals surface area contributed by atoms with Gasteiger partial charge in [-0.2, -0.15) is 4.31 Å². The molecule has 0 aliphatic heterocycles. The molecule has 2 aromatic rings. The SMILES string of the molecule is CCCc1nc(COc2ccc(S(=O)(=O)N(CC)CC)cc2[N+](=O)[O-])cs1. The summed E-state index contributed by atoms with van der Waals surface area (Å²) in [5.74, 6) is 0.0172. The molecule has 0 atom stereocenters. The Morgan fingerprint density at radius 2 is 1.96 bits per heavy atom. The van der Waals surface area contributed by atoms with Crippen LogP contribution in [0.15, 0.2) is 28.5 Å². The van der Waals surface area contributed by atoms with Gasteiger partial charge in [0.05, 0.1) is 20.5 Å². The smallest absolute Gasteiger partial charge is 0.312 e. The molecule has 0 bridgehead atoms. The molecule has 2 rings (SSSR count). The maximum Gasteiger partial charge on any atom is 0.312 e. The third kappa shape index (κ3) is 5.02. The molecule has 0 radical (unpaired) electrons. The first-order valence-electron chi connectivity index (χ1n) is 8.68. The van der Waals surface area contributed by atoms with E-state index in [0.717, 1.165) is 23.9 Å². The quantitative estimate of drug-likeness (QED) is 0.435. The summed E-state index contributed by atoms with van der Waals surface area (Å²) in [5.41, 5.74) is 0.310. The molecule has 0 amide bonds. The zero-order chi connectivity index (χ0) is 20.0. The highest BCUT2D eigenvalue weighted by Gasteiger charge is 2.26. The van der Waals surface area contributed by atoms with E-state index in [2.05, 4.69) is 11.9 Å². The summed E-state index contributed by atoms with van der Waals surface area (Å²) in [6.07, 6.45) is 1.87. The van der Waals surface area contributed by atoms with Crippen molar-refractivity contribution in [3.05, 3.63) is 44.4 Å². The number of aryl methyl sites for hydroxylation is 1. The van der Waals surface area contributed by atoms with Gasteiger partial charge in [0.15, 0.2) is 5.75 Å². The number of nitro benzene ring substituents is 1. The third-order valence-electron chi connectivity index (χ3n) is 3.91. The minimum atomic E-state index is -3.78. The molecule has 1 aromatic carbocycles. The van der Waals surface area contributed by atoms with Gasteiger partial charge in [0.2, 0.25) is 10.0 Å². The fourth-order valence-corrected chi connectivity index (χ4v) is 4.89. The minimum absolute atomic E-state index is 0.0172. The van der Waals surface area contributed by atoms with Crippen LogP contribution in [0.25, 0.3) is 0 Å². The molecular weight excluding hydrogens is 390 g/mol. The van der Waals surface area contributed by atoms with Gasteiger partial charge in [0.25, 0.3) is 0 Å². The van der Waals surface area contributed by atoms with Crippen LogP contribution in [0.3, 0.4) is 0 Å². The molecule has 0 unspecified atom stereocenters. The largest absolute Gasteiger partial charge is 0.480 e. The highest BCUT2D eigenvalue weighted by molar-refractivity contribution is 7.89. The van der Waals surface area contributed by atoms with Gasteiger partial charge >= 0.3 is 5.69 Å². The Morgan fingerprint density at radius 1 is 1.26 bits per heavy atom. The Bertz CT molecular complexity index is 892. The van der Waals surface area contributed by atoms with Crippen LogP contribution < -0.4 is 4.74 Å². The number of nitro groups is 1. The van der Waals surface area contributed by atoms with E-state index < -0.39 is 14.9 Å². The van der Waals surface area contributed by atoms with Gasteiger partial charge in [0, 0.05) is 24.5 Å². The first-order chi connectivity index (χ1) is 12.8. The number of benzene rings is 1. The van der Waals surface area contributed by atoms with E-state index in [1.807, 2.05) is 5.38 Å². The number of hydrogen-bond acceptors (Lipinski definition) is 7. The number of nitrogens with zero attached hydrogens (tertiary/aromatic N) is 3. The molecule has 0 saturated carbocycles. The van der Waals surface area contributed by atoms with Gasteiger partial charge in [-0.05, 0) is 25.0 Å². The molecule has 10 heteroatoms. The maximum absolute atomic E-state index is 12.6. The van der Waals surface area contributed by atoms with E-state index in [9.17, 15) is 18.5 Å². The van der Waals surface area contributed by atoms with Gasteiger partial charge in [-0.15, -0.1) is 11.3 Å². The van der Waals surface area contributed by atoms with Crippen molar-refractivity contribution in [3.8, 4) is 5.75 Å². The van der Waals surface area contributed by atoms with Gasteiger partial charge in [-0.3, -0.25) is 10.1 Å². The lowest BCUT2D eigenvalue weighted by Crippen LogP contribution is -2.30. The number of aromatic nitrogens is 1. The lowest BCUT2D eigenvalue weighted by molar-refractivity contribution is -0.386. The van der Waals surface area contributed by atoms with E-state index in [1.54, 1.807) is 13.8 Å². The Balaban J connectivity index is 2.26. The van der Waals surface area contributed by atoms with E-state index in [0.29, 0.717) is 5.69 Å². The van der Waals surface area contributed by atoms with Crippen molar-refractivity contribution in [1.29, 1.82) is 0 Å². The number of rotatable bonds is 10. The lowest BCUT2D eigenvalue weighted by Gasteiger charge is -2.18. The molecule has 0 aliphatic carbocycles. The van der Waals surface area contributed by atoms with Crippen LogP contribution in [-0.2, 0) is 23.1 Å². The Labute approximate surface area is 163 Å². The standard InChI is InChI=1S/C17H23N3O5S2/c1-4-7-17-18-13(12-26-17)11-25-16-9-8-14(10-15(16)20(21)22)27(23,24)19(5-2)6-3/h8-10,12H,4-7,11H2,1-3H3. The minimum Gasteiger partial charge on any atom is -0.480 e. The van der Waals surface area contributed by atoms with Crippen molar-refractivity contribution >= 4 is 27.0 Å². The molecule has 1 heterocycles. The van der Waals surface area contributed by atoms with Crippen molar-refractivity contribution in [3.63, 3.8) is 0 Å². The molecule has 148 valence electrons. The highest BCUT2D eigenvalue weighted by atomic mass is 32.2. The predicted molar refractivity (Wildman–Crippen MR) is 104 cm³/mol. The topological polar surface area (TPSA) is 103 Å². The van der Waals surface area contributed by atoms with Crippen LogP contribution in [0.1, 0.15) is 37.9 Å². The molecule has 0 fully saturated rings. The van der Waals surface area contributed by atoms with Crippen molar-refractivity contribution in [1.82, 2.24) is 9.29 Å². The molecule has 0 aliphatic rings. The van der Waals surface area contributed by atoms with Gasteiger partial charge < -0.3 is 4.74 Å². The zero-order valence-electron chi connectivity index (χ0n) is 15.5. The lowest BCUT2D eigenvalue weighted by atomic mass is 10.3. The van der Waals surface area contributed by atoms with Crippen molar-refractivity contribution < 1.29 is 18.1 Å². The molecule has 1 aromatic heterocycles. The van der Waals surface area contributed by atoms with Crippen LogP contribution in [-0.4, -0.2) is 35.7 Å². The van der Waals surface area contributed by atoms with Crippen LogP contribution in [0.4, 0.5) is 5.69 Å². The van der Waals surface area contributed by atoms with Gasteiger partial charge in [0.1, 0.15) is 6.61 Å². The Hall–Kier alpha value is -2.04. The second-order valence-corrected chi connectivity index (χ2v) is 8.63. The van der Waals surface area contributed by atoms with Crippen molar-refractivity contribution in [2.24, 2.45) is 0 Å². The van der Waals surface area contributed by atoms with E-state index >= 15 is 0 Å². The molecule has 8 nitrogen and oxygen atoms in total. The van der Waals surface area contributed by atoms with Crippen LogP contribution in [0, 0.1) is 10.1 Å². The molecule has 27 heavy (non-hydrogen) atoms. The number of ether oxygens (including phenoxy) is 1. The molecule has 0 saturated heterocycles. The zero-order valence-corrected chi connectivity index (χ0v) is 17.2. The average Bonchev–Trinajstić information content (AvgIpc) is 3.08. The first kappa shape index (κ1) is 21.3. The van der Waals surface area contributed by atoms with Crippen molar-refractivity contribution in [2.45, 2.75) is 45.1 Å². The third-order valence-corrected chi connectivity index (χ3v) is 6.91. The van der Waals surface area contributed by atoms with Crippen LogP contribution in [0.2, 0.25) is 0 Å². The van der Waals surface area contributed by atoms with E-state index in [4.69, 9.17) is 4.74 Å². The average molecular weight is 414 g/mol. The van der Waals surface area contributed by atoms with Crippen LogP contribution >= 0.6 is 11.3 Å². The molecule has 0 spiro atoms. The van der Waals surface area contributed by atoms with Gasteiger partial charge in [-0.1, -0.05) is 20.8 Å². The summed E-state index contributed by atoms with van der Waals surface area (Å²) in [5, 5.41) is 14.3. The summed E-state index contributed by atoms with van der Waals surface area (Å²) in [6, 6.07) is 3.71. The predicted octanol–water partition coefficient (Wildman–Crippen LogP) is 3.61. The van der Waals surface area contributed by atoms with Gasteiger partial charge in [-0.25, -0.2) is 13.4 Å². The number of sulfonamides is 1. The number of thiazole rings is 1. The first-order valence-corrected chi connectivity index (χ1v) is 11.0. The Morgan fingerprint density at radius 3 is 2.56 bits per heavy atom. The summed E-state index contributed by atoms with van der Waals surface area (Å²) in [6.45, 7) is 6.16. The molecule has 0 N–H and O–H groups in total. The second-order valence-electron chi connectivity index (χ2n) is 5.75. The summed E-state index contributed by atoms with van der Waals surface area (Å²) in [4.78, 5) is 15.1. The highest BCUT2D eigenvalue weighted by Crippen LogP contribution is 2.31. The molecular formula is C17H23N3O5S2. The van der Waals surface area contributed by atoms with E-state index in [1.165, 1.54) is 27.8 Å². The fraction of sp³-hybridized carbons (Fsp3) is 0.471. The maximum atomic E-state index is 12.6. The summed E-state index contributed by atoms with van der Waals surface area (Å²) >= 11 is 1.52. The monoisotopic (exact) mass is 413 g/mol. The Kier molecular flexibility index (Phi) is 7.28. The normalized spacial score (nSPS) is 11.7. The summed E-state index contributed by atoms with van der Waals surface area (Å²) in [7, 11) is -3.78. The number of hydrogen-bond donors (Lipinski definition) is 0. The van der Waals surface area contributed by atoms with E-state index in [-0.39, 0.29) is 36.0 Å². The van der Waals surface area contributed by atoms with Crippen LogP contribution in [0.5, 0.6) is 5.75 Å². The van der Waals surface area contributed by atoms with Crippen molar-refractivity contribution in [2.75, 3.05) is 13.1 Å².